The number of ether oxygens (including phenoxy) is 2. The van der Waals surface area contributed by atoms with Crippen LogP contribution >= 0.6 is 0 Å². The molecule has 0 N–H and O–H groups in total. The molecule has 2 aromatic heterocycles. The highest BCUT2D eigenvalue weighted by Gasteiger charge is 2.54. The van der Waals surface area contributed by atoms with Crippen molar-refractivity contribution < 1.29 is 14.3 Å². The van der Waals surface area contributed by atoms with Crippen molar-refractivity contribution in [2.75, 3.05) is 26.3 Å². The molecule has 2 fully saturated rings. The van der Waals surface area contributed by atoms with Crippen LogP contribution in [0.3, 0.4) is 0 Å². The molecule has 1 atom stereocenters. The Morgan fingerprint density at radius 1 is 1.33 bits per heavy atom. The molecule has 1 spiro atoms. The standard InChI is InChI=1S/C21H25N3O3/c1-16-4-5-18(12-23-16)20(25)24-14-21(15-24)19(7-10-27-21)6-9-26-13-17-3-2-8-22-11-17/h2-5,8,11-12,19H,6-7,9-10,13-15H2,1H3/t19-/m1/s1. The van der Waals surface area contributed by atoms with Gasteiger partial charge in [-0.15, -0.1) is 0 Å². The van der Waals surface area contributed by atoms with Crippen molar-refractivity contribution >= 4 is 5.91 Å². The molecule has 142 valence electrons. The molecule has 4 heterocycles. The largest absolute Gasteiger partial charge is 0.377 e. The first-order chi connectivity index (χ1) is 13.2. The molecule has 4 rings (SSSR count). The maximum atomic E-state index is 12.6. The van der Waals surface area contributed by atoms with Gasteiger partial charge < -0.3 is 14.4 Å². The first-order valence-corrected chi connectivity index (χ1v) is 9.49. The molecule has 2 aromatic rings. The molecule has 0 aromatic carbocycles. The molecule has 6 nitrogen and oxygen atoms in total. The van der Waals surface area contributed by atoms with Gasteiger partial charge in [-0.3, -0.25) is 14.8 Å². The highest BCUT2D eigenvalue weighted by Crippen LogP contribution is 2.42. The van der Waals surface area contributed by atoms with Crippen molar-refractivity contribution in [2.45, 2.75) is 32.0 Å². The van der Waals surface area contributed by atoms with E-state index >= 15 is 0 Å². The minimum atomic E-state index is -0.189. The first kappa shape index (κ1) is 18.1. The van der Waals surface area contributed by atoms with Gasteiger partial charge in [0.05, 0.1) is 25.3 Å². The fraction of sp³-hybridized carbons (Fsp3) is 0.476. The number of carbonyl (C=O) groups is 1. The van der Waals surface area contributed by atoms with Crippen molar-refractivity contribution in [3.63, 3.8) is 0 Å². The van der Waals surface area contributed by atoms with Gasteiger partial charge in [0.1, 0.15) is 5.60 Å². The minimum absolute atomic E-state index is 0.0372. The number of rotatable bonds is 6. The highest BCUT2D eigenvalue weighted by atomic mass is 16.5. The molecule has 0 bridgehead atoms. The van der Waals surface area contributed by atoms with Gasteiger partial charge in [-0.05, 0) is 49.4 Å². The van der Waals surface area contributed by atoms with Crippen LogP contribution in [0, 0.1) is 12.8 Å². The monoisotopic (exact) mass is 367 g/mol. The topological polar surface area (TPSA) is 64.6 Å². The Hall–Kier alpha value is -2.31. The lowest BCUT2D eigenvalue weighted by atomic mass is 9.79. The fourth-order valence-corrected chi connectivity index (χ4v) is 3.96. The molecule has 0 aliphatic carbocycles. The lowest BCUT2D eigenvalue weighted by Crippen LogP contribution is -2.66. The number of amides is 1. The second-order valence-electron chi connectivity index (χ2n) is 7.45. The van der Waals surface area contributed by atoms with Crippen LogP contribution in [-0.4, -0.2) is 52.7 Å². The predicted molar refractivity (Wildman–Crippen MR) is 100 cm³/mol. The summed E-state index contributed by atoms with van der Waals surface area (Å²) in [5.41, 5.74) is 2.45. The van der Waals surface area contributed by atoms with Crippen molar-refractivity contribution in [1.82, 2.24) is 14.9 Å². The van der Waals surface area contributed by atoms with Crippen LogP contribution in [0.15, 0.2) is 42.9 Å². The van der Waals surface area contributed by atoms with Gasteiger partial charge in [0.25, 0.3) is 5.91 Å². The van der Waals surface area contributed by atoms with Crippen molar-refractivity contribution in [3.05, 3.63) is 59.7 Å². The summed E-state index contributed by atoms with van der Waals surface area (Å²) >= 11 is 0. The van der Waals surface area contributed by atoms with E-state index in [2.05, 4.69) is 9.97 Å². The lowest BCUT2D eigenvalue weighted by molar-refractivity contribution is -0.120. The highest BCUT2D eigenvalue weighted by molar-refractivity contribution is 5.94. The molecule has 27 heavy (non-hydrogen) atoms. The van der Waals surface area contributed by atoms with E-state index in [1.807, 2.05) is 42.3 Å². The Labute approximate surface area is 159 Å². The summed E-state index contributed by atoms with van der Waals surface area (Å²) in [5.74, 6) is 0.474. The molecular weight excluding hydrogens is 342 g/mol. The van der Waals surface area contributed by atoms with Crippen LogP contribution in [0.2, 0.25) is 0 Å². The van der Waals surface area contributed by atoms with Crippen molar-refractivity contribution in [3.8, 4) is 0 Å². The number of likely N-dealkylation sites (tertiary alicyclic amines) is 1. The number of hydrogen-bond acceptors (Lipinski definition) is 5. The zero-order chi connectivity index (χ0) is 18.7. The van der Waals surface area contributed by atoms with Crippen molar-refractivity contribution in [2.24, 2.45) is 5.92 Å². The smallest absolute Gasteiger partial charge is 0.255 e. The summed E-state index contributed by atoms with van der Waals surface area (Å²) in [6.07, 6.45) is 7.23. The molecule has 2 aliphatic rings. The number of pyridine rings is 2. The van der Waals surface area contributed by atoms with E-state index in [-0.39, 0.29) is 11.5 Å². The molecule has 2 saturated heterocycles. The molecule has 0 unspecified atom stereocenters. The second kappa shape index (κ2) is 7.74. The first-order valence-electron chi connectivity index (χ1n) is 9.49. The average molecular weight is 367 g/mol. The Morgan fingerprint density at radius 3 is 2.96 bits per heavy atom. The third kappa shape index (κ3) is 3.87. The second-order valence-corrected chi connectivity index (χ2v) is 7.45. The number of carbonyl (C=O) groups excluding carboxylic acids is 1. The molecular formula is C21H25N3O3. The van der Waals surface area contributed by atoms with E-state index in [4.69, 9.17) is 9.47 Å². The minimum Gasteiger partial charge on any atom is -0.377 e. The van der Waals surface area contributed by atoms with E-state index in [1.165, 1.54) is 0 Å². The predicted octanol–water partition coefficient (Wildman–Crippen LogP) is 2.62. The summed E-state index contributed by atoms with van der Waals surface area (Å²) in [6.45, 7) is 5.28. The zero-order valence-electron chi connectivity index (χ0n) is 15.6. The third-order valence-corrected chi connectivity index (χ3v) is 5.56. The summed E-state index contributed by atoms with van der Waals surface area (Å²) < 4.78 is 11.9. The fourth-order valence-electron chi connectivity index (χ4n) is 3.96. The quantitative estimate of drug-likeness (QED) is 0.735. The van der Waals surface area contributed by atoms with Gasteiger partial charge in [0.2, 0.25) is 0 Å². The van der Waals surface area contributed by atoms with Crippen LogP contribution in [0.4, 0.5) is 0 Å². The Balaban J connectivity index is 1.26. The molecule has 0 radical (unpaired) electrons. The number of hydrogen-bond donors (Lipinski definition) is 0. The van der Waals surface area contributed by atoms with Crippen LogP contribution < -0.4 is 0 Å². The number of nitrogens with zero attached hydrogens (tertiary/aromatic N) is 3. The zero-order valence-corrected chi connectivity index (χ0v) is 15.6. The van der Waals surface area contributed by atoms with Crippen LogP contribution in [0.25, 0.3) is 0 Å². The van der Waals surface area contributed by atoms with Gasteiger partial charge in [-0.1, -0.05) is 6.07 Å². The van der Waals surface area contributed by atoms with E-state index in [0.29, 0.717) is 37.8 Å². The summed E-state index contributed by atoms with van der Waals surface area (Å²) in [5, 5.41) is 0. The van der Waals surface area contributed by atoms with Gasteiger partial charge in [-0.2, -0.15) is 0 Å². The van der Waals surface area contributed by atoms with Crippen LogP contribution in [-0.2, 0) is 16.1 Å². The van der Waals surface area contributed by atoms with Gasteiger partial charge in [0.15, 0.2) is 0 Å². The van der Waals surface area contributed by atoms with Crippen LogP contribution in [0.5, 0.6) is 0 Å². The maximum Gasteiger partial charge on any atom is 0.255 e. The van der Waals surface area contributed by atoms with Gasteiger partial charge in [-0.25, -0.2) is 0 Å². The number of aryl methyl sites for hydroxylation is 1. The summed E-state index contributed by atoms with van der Waals surface area (Å²) in [7, 11) is 0. The Bertz CT molecular complexity index is 773. The third-order valence-electron chi connectivity index (χ3n) is 5.56. The van der Waals surface area contributed by atoms with Gasteiger partial charge in [0, 0.05) is 37.5 Å². The van der Waals surface area contributed by atoms with Crippen LogP contribution in [0.1, 0.15) is 34.5 Å². The molecule has 0 saturated carbocycles. The van der Waals surface area contributed by atoms with Crippen molar-refractivity contribution in [1.29, 1.82) is 0 Å². The molecule has 6 heteroatoms. The SMILES string of the molecule is Cc1ccc(C(=O)N2CC3(C2)OCC[C@H]3CCOCc2cccnc2)cn1. The number of aromatic nitrogens is 2. The normalized spacial score (nSPS) is 20.6. The van der Waals surface area contributed by atoms with E-state index in [1.54, 1.807) is 12.4 Å². The maximum absolute atomic E-state index is 12.6. The van der Waals surface area contributed by atoms with E-state index in [0.717, 1.165) is 30.7 Å². The molecule has 1 amide bonds. The van der Waals surface area contributed by atoms with E-state index in [9.17, 15) is 4.79 Å². The average Bonchev–Trinajstić information content (AvgIpc) is 3.09. The molecule has 2 aliphatic heterocycles. The van der Waals surface area contributed by atoms with Gasteiger partial charge >= 0.3 is 0 Å². The summed E-state index contributed by atoms with van der Waals surface area (Å²) in [4.78, 5) is 22.8. The van der Waals surface area contributed by atoms with E-state index < -0.39 is 0 Å². The Kier molecular flexibility index (Phi) is 5.18. The summed E-state index contributed by atoms with van der Waals surface area (Å²) in [6, 6.07) is 7.65. The lowest BCUT2D eigenvalue weighted by Gasteiger charge is -2.50. The Morgan fingerprint density at radius 2 is 2.22 bits per heavy atom.